The Balaban J connectivity index is 2.71. The van der Waals surface area contributed by atoms with Crippen LogP contribution in [0.15, 0.2) is 9.85 Å². The lowest BCUT2D eigenvalue weighted by Crippen LogP contribution is -2.12. The zero-order chi connectivity index (χ0) is 10.0. The Morgan fingerprint density at radius 1 is 1.62 bits per heavy atom. The van der Waals surface area contributed by atoms with E-state index < -0.39 is 12.5 Å². The minimum atomic E-state index is -2.34. The van der Waals surface area contributed by atoms with Gasteiger partial charge in [0.1, 0.15) is 0 Å². The second-order valence-electron chi connectivity index (χ2n) is 2.84. The van der Waals surface area contributed by atoms with Gasteiger partial charge in [-0.2, -0.15) is 0 Å². The Labute approximate surface area is 88.1 Å². The summed E-state index contributed by atoms with van der Waals surface area (Å²) in [5, 5.41) is 0. The van der Waals surface area contributed by atoms with Gasteiger partial charge in [0.2, 0.25) is 6.43 Å². The van der Waals surface area contributed by atoms with Crippen LogP contribution >= 0.6 is 27.3 Å². The van der Waals surface area contributed by atoms with Crippen LogP contribution in [0.1, 0.15) is 22.9 Å². The second-order valence-corrected chi connectivity index (χ2v) is 5.24. The molecule has 2 N–H and O–H groups in total. The maximum absolute atomic E-state index is 12.0. The van der Waals surface area contributed by atoms with Crippen LogP contribution in [0.5, 0.6) is 0 Å². The quantitative estimate of drug-likeness (QED) is 0.894. The molecule has 74 valence electrons. The summed E-state index contributed by atoms with van der Waals surface area (Å²) in [6.07, 6.45) is -2.61. The number of aryl methyl sites for hydroxylation is 1. The van der Waals surface area contributed by atoms with Gasteiger partial charge < -0.3 is 5.73 Å². The molecule has 1 atom stereocenters. The highest BCUT2D eigenvalue weighted by Gasteiger charge is 2.15. The first kappa shape index (κ1) is 11.1. The molecule has 0 radical (unpaired) electrons. The lowest BCUT2D eigenvalue weighted by Gasteiger charge is -2.07. The average Bonchev–Trinajstić information content (AvgIpc) is 2.31. The third-order valence-electron chi connectivity index (χ3n) is 1.67. The SMILES string of the molecule is Cc1cc([C@H](N)CC(F)F)sc1Br. The number of hydrogen-bond donors (Lipinski definition) is 1. The Morgan fingerprint density at radius 3 is 2.62 bits per heavy atom. The molecule has 0 spiro atoms. The van der Waals surface area contributed by atoms with Crippen LogP contribution in [0.3, 0.4) is 0 Å². The van der Waals surface area contributed by atoms with E-state index >= 15 is 0 Å². The van der Waals surface area contributed by atoms with Crippen molar-refractivity contribution in [1.82, 2.24) is 0 Å². The largest absolute Gasteiger partial charge is 0.323 e. The van der Waals surface area contributed by atoms with Crippen LogP contribution in [-0.4, -0.2) is 6.43 Å². The molecule has 0 bridgehead atoms. The summed E-state index contributed by atoms with van der Waals surface area (Å²) in [4.78, 5) is 0.810. The molecule has 1 aromatic rings. The van der Waals surface area contributed by atoms with Gasteiger partial charge in [-0.05, 0) is 34.5 Å². The fourth-order valence-electron chi connectivity index (χ4n) is 0.974. The van der Waals surface area contributed by atoms with Gasteiger partial charge in [-0.3, -0.25) is 0 Å². The predicted molar refractivity (Wildman–Crippen MR) is 54.3 cm³/mol. The highest BCUT2D eigenvalue weighted by molar-refractivity contribution is 9.11. The summed E-state index contributed by atoms with van der Waals surface area (Å²) in [5.41, 5.74) is 6.63. The van der Waals surface area contributed by atoms with E-state index in [1.54, 1.807) is 0 Å². The highest BCUT2D eigenvalue weighted by atomic mass is 79.9. The van der Waals surface area contributed by atoms with Crippen LogP contribution in [0.4, 0.5) is 8.78 Å². The van der Waals surface area contributed by atoms with Crippen molar-refractivity contribution in [2.24, 2.45) is 5.73 Å². The molecule has 5 heteroatoms. The number of alkyl halides is 2. The van der Waals surface area contributed by atoms with Gasteiger partial charge in [0, 0.05) is 17.3 Å². The van der Waals surface area contributed by atoms with Gasteiger partial charge in [0.25, 0.3) is 0 Å². The molecule has 0 aliphatic heterocycles. The van der Waals surface area contributed by atoms with E-state index in [2.05, 4.69) is 15.9 Å². The predicted octanol–water partition coefficient (Wildman–Crippen LogP) is 3.47. The van der Waals surface area contributed by atoms with Gasteiger partial charge >= 0.3 is 0 Å². The summed E-state index contributed by atoms with van der Waals surface area (Å²) in [5.74, 6) is 0. The fraction of sp³-hybridized carbons (Fsp3) is 0.500. The molecule has 0 saturated heterocycles. The Morgan fingerprint density at radius 2 is 2.23 bits per heavy atom. The Bertz CT molecular complexity index is 268. The molecule has 0 amide bonds. The molecule has 13 heavy (non-hydrogen) atoms. The van der Waals surface area contributed by atoms with Crippen LogP contribution in [0.2, 0.25) is 0 Å². The van der Waals surface area contributed by atoms with Crippen molar-refractivity contribution in [3.63, 3.8) is 0 Å². The van der Waals surface area contributed by atoms with Crippen molar-refractivity contribution in [3.05, 3.63) is 20.3 Å². The fourth-order valence-corrected chi connectivity index (χ4v) is 2.56. The molecule has 0 aliphatic rings. The topological polar surface area (TPSA) is 26.0 Å². The van der Waals surface area contributed by atoms with Crippen LogP contribution in [0.25, 0.3) is 0 Å². The van der Waals surface area contributed by atoms with Crippen molar-refractivity contribution in [2.45, 2.75) is 25.8 Å². The minimum Gasteiger partial charge on any atom is -0.323 e. The molecule has 0 unspecified atom stereocenters. The Kier molecular flexibility index (Phi) is 3.82. The third kappa shape index (κ3) is 3.00. The maximum Gasteiger partial charge on any atom is 0.240 e. The zero-order valence-corrected chi connectivity index (χ0v) is 9.46. The number of rotatable bonds is 3. The molecule has 0 fully saturated rings. The van der Waals surface area contributed by atoms with E-state index in [0.29, 0.717) is 0 Å². The number of thiophene rings is 1. The van der Waals surface area contributed by atoms with Gasteiger partial charge in [-0.1, -0.05) is 0 Å². The van der Waals surface area contributed by atoms with E-state index in [-0.39, 0.29) is 6.42 Å². The van der Waals surface area contributed by atoms with E-state index in [1.807, 2.05) is 13.0 Å². The van der Waals surface area contributed by atoms with Gasteiger partial charge in [-0.25, -0.2) is 8.78 Å². The van der Waals surface area contributed by atoms with Crippen molar-refractivity contribution in [1.29, 1.82) is 0 Å². The highest BCUT2D eigenvalue weighted by Crippen LogP contribution is 2.32. The Hall–Kier alpha value is -0.000000000000000111. The summed E-state index contributed by atoms with van der Waals surface area (Å²) in [6, 6.07) is 1.30. The molecular formula is C8H10BrF2NS. The molecule has 0 aromatic carbocycles. The zero-order valence-electron chi connectivity index (χ0n) is 7.06. The van der Waals surface area contributed by atoms with E-state index in [9.17, 15) is 8.78 Å². The molecule has 0 saturated carbocycles. The normalized spacial score (nSPS) is 13.7. The third-order valence-corrected chi connectivity index (χ3v) is 3.94. The van der Waals surface area contributed by atoms with Gasteiger partial charge in [0.15, 0.2) is 0 Å². The lowest BCUT2D eigenvalue weighted by atomic mass is 10.2. The first-order valence-corrected chi connectivity index (χ1v) is 5.41. The lowest BCUT2D eigenvalue weighted by molar-refractivity contribution is 0.129. The standard InChI is InChI=1S/C8H10BrF2NS/c1-4-2-6(13-8(4)9)5(12)3-7(10)11/h2,5,7H,3,12H2,1H3/t5-/m1/s1. The molecule has 1 aromatic heterocycles. The average molecular weight is 270 g/mol. The summed E-state index contributed by atoms with van der Waals surface area (Å²) in [6.45, 7) is 1.92. The summed E-state index contributed by atoms with van der Waals surface area (Å²) >= 11 is 4.75. The van der Waals surface area contributed by atoms with Crippen molar-refractivity contribution >= 4 is 27.3 Å². The van der Waals surface area contributed by atoms with E-state index in [0.717, 1.165) is 14.2 Å². The maximum atomic E-state index is 12.0. The second kappa shape index (κ2) is 4.48. The smallest absolute Gasteiger partial charge is 0.240 e. The number of nitrogens with two attached hydrogens (primary N) is 1. The molecule has 1 heterocycles. The molecule has 1 rings (SSSR count). The molecule has 0 aliphatic carbocycles. The van der Waals surface area contributed by atoms with Crippen LogP contribution in [0, 0.1) is 6.92 Å². The molecular weight excluding hydrogens is 260 g/mol. The number of halogens is 3. The van der Waals surface area contributed by atoms with Crippen molar-refractivity contribution in [2.75, 3.05) is 0 Å². The van der Waals surface area contributed by atoms with Gasteiger partial charge in [0.05, 0.1) is 3.79 Å². The summed E-state index contributed by atoms with van der Waals surface area (Å²) in [7, 11) is 0. The van der Waals surface area contributed by atoms with Crippen LogP contribution in [-0.2, 0) is 0 Å². The van der Waals surface area contributed by atoms with E-state index in [4.69, 9.17) is 5.73 Å². The first-order valence-electron chi connectivity index (χ1n) is 3.80. The minimum absolute atomic E-state index is 0.271. The van der Waals surface area contributed by atoms with Crippen molar-refractivity contribution in [3.8, 4) is 0 Å². The summed E-state index contributed by atoms with van der Waals surface area (Å²) < 4.78 is 24.9. The van der Waals surface area contributed by atoms with E-state index in [1.165, 1.54) is 11.3 Å². The molecule has 1 nitrogen and oxygen atoms in total. The van der Waals surface area contributed by atoms with Gasteiger partial charge in [-0.15, -0.1) is 11.3 Å². The van der Waals surface area contributed by atoms with Crippen molar-refractivity contribution < 1.29 is 8.78 Å². The van der Waals surface area contributed by atoms with Crippen LogP contribution < -0.4 is 5.73 Å². The number of hydrogen-bond acceptors (Lipinski definition) is 2. The monoisotopic (exact) mass is 269 g/mol. The first-order chi connectivity index (χ1) is 6.00.